The zero-order valence-electron chi connectivity index (χ0n) is 6.38. The van der Waals surface area contributed by atoms with Crippen molar-refractivity contribution in [3.63, 3.8) is 0 Å². The van der Waals surface area contributed by atoms with Crippen molar-refractivity contribution in [2.75, 3.05) is 0 Å². The van der Waals surface area contributed by atoms with Crippen LogP contribution in [0.3, 0.4) is 0 Å². The third-order valence-electron chi connectivity index (χ3n) is 0.302. The first kappa shape index (κ1) is 16.9. The monoisotopic (exact) mass is 172 g/mol. The Kier molecular flexibility index (Phi) is 20.7. The Morgan fingerprint density at radius 2 is 1.60 bits per heavy atom. The van der Waals surface area contributed by atoms with Crippen LogP contribution in [0.5, 0.6) is 0 Å². The predicted molar refractivity (Wildman–Crippen MR) is 28.6 cm³/mol. The number of aliphatic carboxylic acids is 2. The van der Waals surface area contributed by atoms with Gasteiger partial charge in [0.2, 0.25) is 0 Å². The van der Waals surface area contributed by atoms with Crippen molar-refractivity contribution < 1.29 is 71.2 Å². The Morgan fingerprint density at radius 1 is 1.50 bits per heavy atom. The number of hydrogen-bond acceptors (Lipinski definition) is 3. The summed E-state index contributed by atoms with van der Waals surface area (Å²) in [6.07, 6.45) is 0.222. The molecule has 0 unspecified atom stereocenters. The second-order valence-corrected chi connectivity index (χ2v) is 1.24. The number of carboxylic acid groups (broad SMARTS) is 2. The standard InChI is InChI=1S/C3H6O2.C2H4O2.K/c1-2-3(4)5;1-2(3)4;/h2H2,1H3,(H,4,5);1H3,(H,3,4);/q;;+1/p-1. The van der Waals surface area contributed by atoms with Gasteiger partial charge in [-0.15, -0.1) is 0 Å². The van der Waals surface area contributed by atoms with E-state index < -0.39 is 11.9 Å². The Bertz CT molecular complexity index is 97.8. The first-order valence-corrected chi connectivity index (χ1v) is 2.40. The van der Waals surface area contributed by atoms with Gasteiger partial charge in [-0.1, -0.05) is 6.92 Å². The van der Waals surface area contributed by atoms with Crippen molar-refractivity contribution in [1.29, 1.82) is 0 Å². The maximum atomic E-state index is 9.37. The zero-order chi connectivity index (χ0) is 7.86. The molecule has 54 valence electrons. The molecule has 0 fully saturated rings. The summed E-state index contributed by atoms with van der Waals surface area (Å²) < 4.78 is 0. The quantitative estimate of drug-likeness (QED) is 0.412. The third kappa shape index (κ3) is 74.2. The Morgan fingerprint density at radius 3 is 1.60 bits per heavy atom. The summed E-state index contributed by atoms with van der Waals surface area (Å²) in [5.41, 5.74) is 0. The van der Waals surface area contributed by atoms with Crippen molar-refractivity contribution in [1.82, 2.24) is 0 Å². The number of carboxylic acids is 2. The minimum Gasteiger partial charge on any atom is -0.550 e. The van der Waals surface area contributed by atoms with Crippen LogP contribution in [0, 0.1) is 0 Å². The molecule has 0 aromatic carbocycles. The van der Waals surface area contributed by atoms with E-state index in [0.717, 1.165) is 6.92 Å². The molecule has 0 aliphatic rings. The predicted octanol–water partition coefficient (Wildman–Crippen LogP) is -3.76. The molecule has 0 saturated heterocycles. The van der Waals surface area contributed by atoms with E-state index in [1.54, 1.807) is 6.92 Å². The Labute approximate surface area is 102 Å². The van der Waals surface area contributed by atoms with Crippen LogP contribution in [-0.2, 0) is 9.59 Å². The van der Waals surface area contributed by atoms with Crippen LogP contribution in [-0.4, -0.2) is 17.0 Å². The van der Waals surface area contributed by atoms with Crippen LogP contribution in [0.2, 0.25) is 0 Å². The summed E-state index contributed by atoms with van der Waals surface area (Å²) in [4.78, 5) is 18.3. The molecule has 0 saturated carbocycles. The fourth-order valence-electron chi connectivity index (χ4n) is 0. The molecule has 5 heteroatoms. The molecule has 0 spiro atoms. The third-order valence-corrected chi connectivity index (χ3v) is 0.302. The number of carbonyl (C=O) groups is 2. The van der Waals surface area contributed by atoms with Gasteiger partial charge < -0.3 is 15.0 Å². The molecule has 0 aromatic rings. The van der Waals surface area contributed by atoms with Crippen LogP contribution >= 0.6 is 0 Å². The van der Waals surface area contributed by atoms with E-state index >= 15 is 0 Å². The molecule has 1 N–H and O–H groups in total. The zero-order valence-corrected chi connectivity index (χ0v) is 9.50. The van der Waals surface area contributed by atoms with Gasteiger partial charge in [0.25, 0.3) is 0 Å². The fourth-order valence-corrected chi connectivity index (χ4v) is 0. The summed E-state index contributed by atoms with van der Waals surface area (Å²) in [6.45, 7) is 2.57. The molecule has 0 rings (SSSR count). The first-order chi connectivity index (χ1) is 4.00. The number of hydrogen-bond donors (Lipinski definition) is 1. The van der Waals surface area contributed by atoms with Crippen molar-refractivity contribution in [3.05, 3.63) is 0 Å². The molecule has 4 nitrogen and oxygen atoms in total. The first-order valence-electron chi connectivity index (χ1n) is 2.40. The van der Waals surface area contributed by atoms with Gasteiger partial charge in [-0.25, -0.2) is 0 Å². The molecular weight excluding hydrogens is 163 g/mol. The Hall–Kier alpha value is 0.576. The van der Waals surface area contributed by atoms with Crippen molar-refractivity contribution in [2.45, 2.75) is 20.3 Å². The molecule has 0 amide bonds. The topological polar surface area (TPSA) is 77.4 Å². The van der Waals surface area contributed by atoms with E-state index in [0.29, 0.717) is 0 Å². The molecular formula is C5H9KO4. The van der Waals surface area contributed by atoms with Gasteiger partial charge in [0.1, 0.15) is 0 Å². The molecule has 0 radical (unpaired) electrons. The van der Waals surface area contributed by atoms with Gasteiger partial charge in [-0.2, -0.15) is 0 Å². The smallest absolute Gasteiger partial charge is 0.550 e. The SMILES string of the molecule is CC(=O)[O-].CCC(=O)O.[K+]. The summed E-state index contributed by atoms with van der Waals surface area (Å²) in [5, 5.41) is 16.6. The molecule has 0 aliphatic carbocycles. The molecule has 0 aromatic heterocycles. The van der Waals surface area contributed by atoms with Crippen molar-refractivity contribution in [2.24, 2.45) is 0 Å². The average Bonchev–Trinajstić information content (AvgIpc) is 1.65. The Balaban J connectivity index is -0.0000000910. The van der Waals surface area contributed by atoms with Gasteiger partial charge >= 0.3 is 57.4 Å². The van der Waals surface area contributed by atoms with Crippen LogP contribution < -0.4 is 56.5 Å². The molecule has 0 heterocycles. The van der Waals surface area contributed by atoms with Crippen LogP contribution in [0.4, 0.5) is 0 Å². The molecule has 0 bridgehead atoms. The van der Waals surface area contributed by atoms with E-state index in [-0.39, 0.29) is 57.8 Å². The second kappa shape index (κ2) is 12.3. The summed E-state index contributed by atoms with van der Waals surface area (Å²) in [6, 6.07) is 0. The summed E-state index contributed by atoms with van der Waals surface area (Å²) in [5.74, 6) is -1.83. The fraction of sp³-hybridized carbons (Fsp3) is 0.600. The molecule has 0 atom stereocenters. The normalized spacial score (nSPS) is 6.20. The maximum absolute atomic E-state index is 9.37. The van der Waals surface area contributed by atoms with Gasteiger partial charge in [0, 0.05) is 12.4 Å². The summed E-state index contributed by atoms with van der Waals surface area (Å²) >= 11 is 0. The molecule has 0 aliphatic heterocycles. The van der Waals surface area contributed by atoms with E-state index in [2.05, 4.69) is 0 Å². The van der Waals surface area contributed by atoms with E-state index in [4.69, 9.17) is 15.0 Å². The van der Waals surface area contributed by atoms with E-state index in [9.17, 15) is 4.79 Å². The second-order valence-electron chi connectivity index (χ2n) is 1.24. The van der Waals surface area contributed by atoms with E-state index in [1.807, 2.05) is 0 Å². The van der Waals surface area contributed by atoms with Crippen LogP contribution in [0.1, 0.15) is 20.3 Å². The van der Waals surface area contributed by atoms with Gasteiger partial charge in [0.15, 0.2) is 0 Å². The minimum absolute atomic E-state index is 0. The summed E-state index contributed by atoms with van der Waals surface area (Å²) in [7, 11) is 0. The largest absolute Gasteiger partial charge is 1.00 e. The van der Waals surface area contributed by atoms with Crippen molar-refractivity contribution >= 4 is 11.9 Å². The minimum atomic E-state index is -1.08. The van der Waals surface area contributed by atoms with Crippen LogP contribution in [0.15, 0.2) is 0 Å². The van der Waals surface area contributed by atoms with E-state index in [1.165, 1.54) is 0 Å². The number of rotatable bonds is 1. The van der Waals surface area contributed by atoms with Crippen molar-refractivity contribution in [3.8, 4) is 0 Å². The average molecular weight is 172 g/mol. The van der Waals surface area contributed by atoms with Gasteiger partial charge in [-0.3, -0.25) is 4.79 Å². The maximum Gasteiger partial charge on any atom is 1.00 e. The van der Waals surface area contributed by atoms with Gasteiger partial charge in [-0.05, 0) is 6.92 Å². The molecule has 10 heavy (non-hydrogen) atoms. The van der Waals surface area contributed by atoms with Gasteiger partial charge in [0.05, 0.1) is 0 Å². The number of carbonyl (C=O) groups excluding carboxylic acids is 1. The van der Waals surface area contributed by atoms with Crippen LogP contribution in [0.25, 0.3) is 0 Å².